The second-order valence-corrected chi connectivity index (χ2v) is 6.79. The highest BCUT2D eigenvalue weighted by molar-refractivity contribution is 7.15. The number of aryl methyl sites for hydroxylation is 1. The largest absolute Gasteiger partial charge is 0.496 e. The Morgan fingerprint density at radius 1 is 1.19 bits per heavy atom. The summed E-state index contributed by atoms with van der Waals surface area (Å²) in [6.07, 6.45) is 3.90. The first-order valence-electron chi connectivity index (χ1n) is 8.14. The van der Waals surface area contributed by atoms with Crippen molar-refractivity contribution < 1.29 is 9.53 Å². The molecule has 0 fully saturated rings. The number of rotatable bonds is 6. The Kier molecular flexibility index (Phi) is 5.76. The molecule has 2 aromatic carbocycles. The zero-order valence-corrected chi connectivity index (χ0v) is 15.4. The van der Waals surface area contributed by atoms with Crippen LogP contribution in [0.4, 0.5) is 5.13 Å². The van der Waals surface area contributed by atoms with Crippen LogP contribution in [0.25, 0.3) is 6.08 Å². The summed E-state index contributed by atoms with van der Waals surface area (Å²) in [7, 11) is 1.61. The Hall–Kier alpha value is -2.99. The van der Waals surface area contributed by atoms with Crippen LogP contribution in [-0.4, -0.2) is 23.2 Å². The van der Waals surface area contributed by atoms with Gasteiger partial charge < -0.3 is 4.74 Å². The standard InChI is InChI=1S/C20H19N3O2S/c1-14-8-10-17(25-2)16(12-14)9-11-18(24)21-20-23-22-19(26-20)13-15-6-4-3-5-7-15/h3-12H,13H2,1-2H3,(H,21,23,24). The zero-order valence-electron chi connectivity index (χ0n) is 14.6. The van der Waals surface area contributed by atoms with Crippen molar-refractivity contribution in [3.63, 3.8) is 0 Å². The van der Waals surface area contributed by atoms with Crippen LogP contribution in [0.3, 0.4) is 0 Å². The van der Waals surface area contributed by atoms with E-state index in [0.29, 0.717) is 11.6 Å². The second kappa shape index (κ2) is 8.40. The summed E-state index contributed by atoms with van der Waals surface area (Å²) >= 11 is 1.38. The maximum atomic E-state index is 12.1. The SMILES string of the molecule is COc1ccc(C)cc1C=CC(=O)Nc1nnc(Cc2ccccc2)s1. The molecule has 0 aliphatic rings. The van der Waals surface area contributed by atoms with Gasteiger partial charge in [0.2, 0.25) is 11.0 Å². The minimum Gasteiger partial charge on any atom is -0.496 e. The van der Waals surface area contributed by atoms with E-state index in [1.54, 1.807) is 13.2 Å². The first kappa shape index (κ1) is 17.8. The predicted octanol–water partition coefficient (Wildman–Crippen LogP) is 4.10. The van der Waals surface area contributed by atoms with E-state index >= 15 is 0 Å². The minimum atomic E-state index is -0.254. The molecule has 0 aliphatic heterocycles. The molecule has 0 radical (unpaired) electrons. The van der Waals surface area contributed by atoms with Gasteiger partial charge in [-0.3, -0.25) is 10.1 Å². The van der Waals surface area contributed by atoms with Gasteiger partial charge in [0.05, 0.1) is 7.11 Å². The van der Waals surface area contributed by atoms with E-state index in [0.717, 1.165) is 27.4 Å². The summed E-state index contributed by atoms with van der Waals surface area (Å²) in [5.41, 5.74) is 3.11. The summed E-state index contributed by atoms with van der Waals surface area (Å²) in [5, 5.41) is 12.3. The Bertz CT molecular complexity index is 920. The lowest BCUT2D eigenvalue weighted by molar-refractivity contribution is -0.111. The summed E-state index contributed by atoms with van der Waals surface area (Å²) in [4.78, 5) is 12.1. The Morgan fingerprint density at radius 3 is 2.77 bits per heavy atom. The number of ether oxygens (including phenoxy) is 1. The van der Waals surface area contributed by atoms with Gasteiger partial charge in [0, 0.05) is 18.1 Å². The van der Waals surface area contributed by atoms with Gasteiger partial charge in [-0.2, -0.15) is 0 Å². The number of anilines is 1. The van der Waals surface area contributed by atoms with Crippen LogP contribution < -0.4 is 10.1 Å². The van der Waals surface area contributed by atoms with Crippen LogP contribution in [0.2, 0.25) is 0 Å². The lowest BCUT2D eigenvalue weighted by atomic mass is 10.1. The Morgan fingerprint density at radius 2 is 2.00 bits per heavy atom. The van der Waals surface area contributed by atoms with E-state index in [1.165, 1.54) is 17.4 Å². The number of aromatic nitrogens is 2. The topological polar surface area (TPSA) is 64.1 Å². The van der Waals surface area contributed by atoms with Gasteiger partial charge in [-0.05, 0) is 30.7 Å². The first-order valence-corrected chi connectivity index (χ1v) is 8.95. The molecular weight excluding hydrogens is 346 g/mol. The predicted molar refractivity (Wildman–Crippen MR) is 105 cm³/mol. The highest BCUT2D eigenvalue weighted by Crippen LogP contribution is 2.21. The molecule has 1 heterocycles. The zero-order chi connectivity index (χ0) is 18.4. The van der Waals surface area contributed by atoms with Crippen molar-refractivity contribution in [3.8, 4) is 5.75 Å². The van der Waals surface area contributed by atoms with E-state index < -0.39 is 0 Å². The summed E-state index contributed by atoms with van der Waals surface area (Å²) in [6, 6.07) is 15.8. The molecule has 1 aromatic heterocycles. The molecule has 1 N–H and O–H groups in total. The van der Waals surface area contributed by atoms with Crippen molar-refractivity contribution in [1.82, 2.24) is 10.2 Å². The van der Waals surface area contributed by atoms with Gasteiger partial charge in [0.1, 0.15) is 10.8 Å². The minimum absolute atomic E-state index is 0.254. The maximum absolute atomic E-state index is 12.1. The third-order valence-corrected chi connectivity index (χ3v) is 4.53. The molecule has 0 saturated carbocycles. The molecule has 0 unspecified atom stereocenters. The smallest absolute Gasteiger partial charge is 0.250 e. The molecule has 6 heteroatoms. The molecule has 0 aliphatic carbocycles. The summed E-state index contributed by atoms with van der Waals surface area (Å²) in [6.45, 7) is 1.99. The van der Waals surface area contributed by atoms with Crippen molar-refractivity contribution in [1.29, 1.82) is 0 Å². The van der Waals surface area contributed by atoms with Crippen molar-refractivity contribution >= 4 is 28.5 Å². The van der Waals surface area contributed by atoms with Crippen molar-refractivity contribution in [2.24, 2.45) is 0 Å². The molecule has 0 saturated heterocycles. The molecule has 0 bridgehead atoms. The molecule has 3 rings (SSSR count). The summed E-state index contributed by atoms with van der Waals surface area (Å²) < 4.78 is 5.31. The average molecular weight is 365 g/mol. The maximum Gasteiger partial charge on any atom is 0.250 e. The fourth-order valence-electron chi connectivity index (χ4n) is 2.44. The molecule has 26 heavy (non-hydrogen) atoms. The quantitative estimate of drug-likeness (QED) is 0.668. The second-order valence-electron chi connectivity index (χ2n) is 5.73. The number of nitrogens with one attached hydrogen (secondary N) is 1. The molecular formula is C20H19N3O2S. The molecule has 132 valence electrons. The number of benzene rings is 2. The molecule has 1 amide bonds. The number of carbonyl (C=O) groups is 1. The van der Waals surface area contributed by atoms with Crippen LogP contribution in [0, 0.1) is 6.92 Å². The van der Waals surface area contributed by atoms with Crippen LogP contribution in [0.5, 0.6) is 5.75 Å². The molecule has 5 nitrogen and oxygen atoms in total. The highest BCUT2D eigenvalue weighted by Gasteiger charge is 2.07. The van der Waals surface area contributed by atoms with E-state index in [-0.39, 0.29) is 5.91 Å². The van der Waals surface area contributed by atoms with Crippen LogP contribution >= 0.6 is 11.3 Å². The average Bonchev–Trinajstić information content (AvgIpc) is 3.07. The van der Waals surface area contributed by atoms with E-state index in [4.69, 9.17) is 4.74 Å². The number of hydrogen-bond acceptors (Lipinski definition) is 5. The van der Waals surface area contributed by atoms with E-state index in [9.17, 15) is 4.79 Å². The lowest BCUT2D eigenvalue weighted by Crippen LogP contribution is -2.07. The van der Waals surface area contributed by atoms with Gasteiger partial charge in [-0.25, -0.2) is 0 Å². The van der Waals surface area contributed by atoms with Crippen LogP contribution in [0.1, 0.15) is 21.7 Å². The van der Waals surface area contributed by atoms with Gasteiger partial charge in [-0.1, -0.05) is 53.3 Å². The monoisotopic (exact) mass is 365 g/mol. The highest BCUT2D eigenvalue weighted by atomic mass is 32.1. The first-order chi connectivity index (χ1) is 12.6. The number of methoxy groups -OCH3 is 1. The Labute approximate surface area is 156 Å². The molecule has 0 spiro atoms. The number of amides is 1. The van der Waals surface area contributed by atoms with Crippen LogP contribution in [-0.2, 0) is 11.2 Å². The Balaban J connectivity index is 1.63. The van der Waals surface area contributed by atoms with Crippen molar-refractivity contribution in [3.05, 3.63) is 76.3 Å². The van der Waals surface area contributed by atoms with E-state index in [2.05, 4.69) is 15.5 Å². The van der Waals surface area contributed by atoms with Gasteiger partial charge in [0.15, 0.2) is 0 Å². The lowest BCUT2D eigenvalue weighted by Gasteiger charge is -2.05. The summed E-state index contributed by atoms with van der Waals surface area (Å²) in [5.74, 6) is 0.469. The van der Waals surface area contributed by atoms with Crippen molar-refractivity contribution in [2.75, 3.05) is 12.4 Å². The number of carbonyl (C=O) groups excluding carboxylic acids is 1. The normalized spacial score (nSPS) is 10.8. The fourth-order valence-corrected chi connectivity index (χ4v) is 3.22. The fraction of sp³-hybridized carbons (Fsp3) is 0.150. The van der Waals surface area contributed by atoms with Gasteiger partial charge in [0.25, 0.3) is 0 Å². The van der Waals surface area contributed by atoms with E-state index in [1.807, 2.05) is 55.5 Å². The number of nitrogens with zero attached hydrogens (tertiary/aromatic N) is 2. The third kappa shape index (κ3) is 4.77. The van der Waals surface area contributed by atoms with Crippen molar-refractivity contribution in [2.45, 2.75) is 13.3 Å². The van der Waals surface area contributed by atoms with Crippen LogP contribution in [0.15, 0.2) is 54.6 Å². The third-order valence-electron chi connectivity index (χ3n) is 3.69. The van der Waals surface area contributed by atoms with Gasteiger partial charge >= 0.3 is 0 Å². The molecule has 0 atom stereocenters. The molecule has 3 aromatic rings. The van der Waals surface area contributed by atoms with Gasteiger partial charge in [-0.15, -0.1) is 10.2 Å². The number of hydrogen-bond donors (Lipinski definition) is 1.